The molecule has 2 aliphatic rings. The number of aryl methyl sites for hydroxylation is 1. The number of ether oxygens (including phenoxy) is 1. The largest absolute Gasteiger partial charge is 0.488 e. The van der Waals surface area contributed by atoms with E-state index in [0.29, 0.717) is 4.90 Å². The minimum Gasteiger partial charge on any atom is -0.488 e. The Balaban J connectivity index is 1.41. The third kappa shape index (κ3) is 4.81. The summed E-state index contributed by atoms with van der Waals surface area (Å²) >= 11 is 0. The molecule has 0 bridgehead atoms. The highest BCUT2D eigenvalue weighted by atomic mass is 32.2. The van der Waals surface area contributed by atoms with Gasteiger partial charge >= 0.3 is 0 Å². The molecular formula is C24H32N2O3S. The molecule has 5 nitrogen and oxygen atoms in total. The minimum absolute atomic E-state index is 0.204. The van der Waals surface area contributed by atoms with Crippen molar-refractivity contribution < 1.29 is 13.2 Å². The first kappa shape index (κ1) is 21.2. The zero-order valence-corrected chi connectivity index (χ0v) is 19.0. The summed E-state index contributed by atoms with van der Waals surface area (Å²) in [5.41, 5.74) is 2.92. The Bertz CT molecular complexity index is 1000. The number of rotatable bonds is 5. The van der Waals surface area contributed by atoms with Crippen LogP contribution in [0.1, 0.15) is 51.2 Å². The third-order valence-corrected chi connectivity index (χ3v) is 7.55. The van der Waals surface area contributed by atoms with E-state index >= 15 is 0 Å². The number of anilines is 1. The average molecular weight is 429 g/mol. The predicted octanol–water partition coefficient (Wildman–Crippen LogP) is 4.51. The van der Waals surface area contributed by atoms with E-state index in [1.807, 2.05) is 12.1 Å². The van der Waals surface area contributed by atoms with Gasteiger partial charge in [-0.15, -0.1) is 0 Å². The van der Waals surface area contributed by atoms with Crippen LogP contribution in [0.3, 0.4) is 0 Å². The summed E-state index contributed by atoms with van der Waals surface area (Å²) in [5.74, 6) is 1.51. The van der Waals surface area contributed by atoms with E-state index in [-0.39, 0.29) is 12.1 Å². The Hall–Kier alpha value is -2.05. The molecule has 0 spiro atoms. The van der Waals surface area contributed by atoms with Crippen LogP contribution in [-0.2, 0) is 23.0 Å². The SMILES string of the molecule is C[C@@H]1CCCN(c2ccc(CNS(=O)(=O)c3ccc4c(c3)CCC(C)(C)O4)cc2)C1. The van der Waals surface area contributed by atoms with Gasteiger partial charge < -0.3 is 9.64 Å². The third-order valence-electron chi connectivity index (χ3n) is 6.15. The molecule has 0 unspecified atom stereocenters. The Morgan fingerprint density at radius 1 is 1.17 bits per heavy atom. The molecule has 6 heteroatoms. The number of nitrogens with zero attached hydrogens (tertiary/aromatic N) is 1. The van der Waals surface area contributed by atoms with Gasteiger partial charge in [0.1, 0.15) is 11.4 Å². The second-order valence-electron chi connectivity index (χ2n) is 9.32. The summed E-state index contributed by atoms with van der Waals surface area (Å²) < 4.78 is 34.3. The van der Waals surface area contributed by atoms with Crippen molar-refractivity contribution in [2.24, 2.45) is 5.92 Å². The standard InChI is InChI=1S/C24H32N2O3S/c1-18-5-4-14-26(17-18)21-8-6-19(7-9-21)16-25-30(27,28)22-10-11-23-20(15-22)12-13-24(2,3)29-23/h6-11,15,18,25H,4-5,12-14,16-17H2,1-3H3/t18-/m1/s1. The topological polar surface area (TPSA) is 58.6 Å². The van der Waals surface area contributed by atoms with Gasteiger partial charge in [-0.3, -0.25) is 0 Å². The average Bonchev–Trinajstić information content (AvgIpc) is 2.72. The molecule has 0 aromatic heterocycles. The van der Waals surface area contributed by atoms with Crippen LogP contribution >= 0.6 is 0 Å². The number of hydrogen-bond acceptors (Lipinski definition) is 4. The van der Waals surface area contributed by atoms with Gasteiger partial charge in [-0.1, -0.05) is 19.1 Å². The highest BCUT2D eigenvalue weighted by Crippen LogP contribution is 2.34. The highest BCUT2D eigenvalue weighted by molar-refractivity contribution is 7.89. The van der Waals surface area contributed by atoms with E-state index in [1.165, 1.54) is 18.5 Å². The van der Waals surface area contributed by atoms with Crippen LogP contribution < -0.4 is 14.4 Å². The zero-order chi connectivity index (χ0) is 21.4. The smallest absolute Gasteiger partial charge is 0.240 e. The molecule has 2 aliphatic heterocycles. The van der Waals surface area contributed by atoms with Gasteiger partial charge in [-0.05, 0) is 86.9 Å². The normalized spacial score (nSPS) is 21.0. The summed E-state index contributed by atoms with van der Waals surface area (Å²) in [5, 5.41) is 0. The number of sulfonamides is 1. The summed E-state index contributed by atoms with van der Waals surface area (Å²) in [7, 11) is -3.57. The molecule has 0 aliphatic carbocycles. The van der Waals surface area contributed by atoms with Crippen molar-refractivity contribution in [2.75, 3.05) is 18.0 Å². The van der Waals surface area contributed by atoms with Crippen LogP contribution in [0.25, 0.3) is 0 Å². The number of benzene rings is 2. The van der Waals surface area contributed by atoms with Crippen LogP contribution in [0.4, 0.5) is 5.69 Å². The van der Waals surface area contributed by atoms with Crippen LogP contribution in [0.5, 0.6) is 5.75 Å². The van der Waals surface area contributed by atoms with Crippen molar-refractivity contribution in [2.45, 2.75) is 63.5 Å². The molecule has 0 amide bonds. The molecule has 1 fully saturated rings. The molecule has 0 saturated carbocycles. The van der Waals surface area contributed by atoms with Crippen LogP contribution in [0.15, 0.2) is 47.4 Å². The van der Waals surface area contributed by atoms with Gasteiger partial charge in [0, 0.05) is 25.3 Å². The van der Waals surface area contributed by atoms with Crippen LogP contribution in [0, 0.1) is 5.92 Å². The molecule has 162 valence electrons. The van der Waals surface area contributed by atoms with Gasteiger partial charge in [0.15, 0.2) is 0 Å². The number of nitrogens with one attached hydrogen (secondary N) is 1. The van der Waals surface area contributed by atoms with Gasteiger partial charge in [0.2, 0.25) is 10.0 Å². The van der Waals surface area contributed by atoms with E-state index in [9.17, 15) is 8.42 Å². The fourth-order valence-corrected chi connectivity index (χ4v) is 5.38. The summed E-state index contributed by atoms with van der Waals surface area (Å²) in [6.07, 6.45) is 4.22. The molecule has 2 aromatic carbocycles. The van der Waals surface area contributed by atoms with Crippen molar-refractivity contribution in [3.63, 3.8) is 0 Å². The Kier molecular flexibility index (Phi) is 5.82. The zero-order valence-electron chi connectivity index (χ0n) is 18.1. The Morgan fingerprint density at radius 2 is 1.93 bits per heavy atom. The van der Waals surface area contributed by atoms with E-state index in [4.69, 9.17) is 4.74 Å². The first-order valence-corrected chi connectivity index (χ1v) is 12.4. The van der Waals surface area contributed by atoms with E-state index in [1.54, 1.807) is 18.2 Å². The van der Waals surface area contributed by atoms with Crippen molar-refractivity contribution in [3.8, 4) is 5.75 Å². The van der Waals surface area contributed by atoms with E-state index < -0.39 is 10.0 Å². The summed E-state index contributed by atoms with van der Waals surface area (Å²) in [4.78, 5) is 2.71. The second-order valence-corrected chi connectivity index (χ2v) is 11.1. The lowest BCUT2D eigenvalue weighted by atomic mass is 9.94. The predicted molar refractivity (Wildman–Crippen MR) is 121 cm³/mol. The van der Waals surface area contributed by atoms with Gasteiger partial charge in [-0.25, -0.2) is 13.1 Å². The fraction of sp³-hybridized carbons (Fsp3) is 0.500. The lowest BCUT2D eigenvalue weighted by Crippen LogP contribution is -2.34. The van der Waals surface area contributed by atoms with Crippen molar-refractivity contribution >= 4 is 15.7 Å². The fourth-order valence-electron chi connectivity index (χ4n) is 4.31. The Morgan fingerprint density at radius 3 is 2.67 bits per heavy atom. The summed E-state index contributed by atoms with van der Waals surface area (Å²) in [6, 6.07) is 13.4. The Labute approximate surface area is 180 Å². The van der Waals surface area contributed by atoms with Gasteiger partial charge in [0.25, 0.3) is 0 Å². The van der Waals surface area contributed by atoms with Crippen molar-refractivity contribution in [3.05, 3.63) is 53.6 Å². The molecule has 0 radical (unpaired) electrons. The van der Waals surface area contributed by atoms with E-state index in [2.05, 4.69) is 42.5 Å². The van der Waals surface area contributed by atoms with Crippen LogP contribution in [-0.4, -0.2) is 27.1 Å². The maximum absolute atomic E-state index is 12.8. The molecule has 2 aromatic rings. The molecule has 1 saturated heterocycles. The van der Waals surface area contributed by atoms with E-state index in [0.717, 1.165) is 48.7 Å². The molecular weight excluding hydrogens is 396 g/mol. The first-order valence-electron chi connectivity index (χ1n) is 10.9. The quantitative estimate of drug-likeness (QED) is 0.762. The minimum atomic E-state index is -3.57. The maximum atomic E-state index is 12.8. The molecule has 4 rings (SSSR count). The monoisotopic (exact) mass is 428 g/mol. The lowest BCUT2D eigenvalue weighted by Gasteiger charge is -2.33. The van der Waals surface area contributed by atoms with Gasteiger partial charge in [-0.2, -0.15) is 0 Å². The van der Waals surface area contributed by atoms with Crippen molar-refractivity contribution in [1.82, 2.24) is 4.72 Å². The molecule has 1 N–H and O–H groups in total. The van der Waals surface area contributed by atoms with Crippen molar-refractivity contribution in [1.29, 1.82) is 0 Å². The second kappa shape index (κ2) is 8.23. The highest BCUT2D eigenvalue weighted by Gasteiger charge is 2.27. The number of piperidine rings is 1. The lowest BCUT2D eigenvalue weighted by molar-refractivity contribution is 0.0845. The number of hydrogen-bond donors (Lipinski definition) is 1. The van der Waals surface area contributed by atoms with Gasteiger partial charge in [0.05, 0.1) is 4.90 Å². The molecule has 2 heterocycles. The first-order chi connectivity index (χ1) is 14.2. The number of fused-ring (bicyclic) bond motifs is 1. The molecule has 1 atom stereocenters. The van der Waals surface area contributed by atoms with Crippen LogP contribution in [0.2, 0.25) is 0 Å². The maximum Gasteiger partial charge on any atom is 0.240 e. The summed E-state index contributed by atoms with van der Waals surface area (Å²) in [6.45, 7) is 8.86. The molecule has 30 heavy (non-hydrogen) atoms.